The van der Waals surface area contributed by atoms with E-state index in [9.17, 15) is 18.3 Å². The molecule has 1 aliphatic carbocycles. The molecule has 3 N–H and O–H groups in total. The molecule has 186 valence electrons. The van der Waals surface area contributed by atoms with Gasteiger partial charge >= 0.3 is 10.3 Å². The van der Waals surface area contributed by atoms with Gasteiger partial charge in [-0.1, -0.05) is 28.1 Å². The summed E-state index contributed by atoms with van der Waals surface area (Å²) < 4.78 is 33.6. The third-order valence-corrected chi connectivity index (χ3v) is 7.21. The van der Waals surface area contributed by atoms with Crippen LogP contribution in [0.1, 0.15) is 51.5 Å². The summed E-state index contributed by atoms with van der Waals surface area (Å²) in [5.74, 6) is 0.202. The first-order chi connectivity index (χ1) is 16.6. The van der Waals surface area contributed by atoms with Crippen molar-refractivity contribution in [3.63, 3.8) is 0 Å². The van der Waals surface area contributed by atoms with Crippen LogP contribution in [0, 0.1) is 18.8 Å². The zero-order valence-corrected chi connectivity index (χ0v) is 21.5. The quantitative estimate of drug-likeness (QED) is 0.377. The average Bonchev–Trinajstić information content (AvgIpc) is 3.33. The van der Waals surface area contributed by atoms with E-state index in [-0.39, 0.29) is 30.0 Å². The number of rotatable bonds is 9. The molecule has 1 aliphatic rings. The Labute approximate surface area is 212 Å². The monoisotopic (exact) mass is 563 g/mol. The maximum absolute atomic E-state index is 13.3. The van der Waals surface area contributed by atoms with E-state index in [0.717, 1.165) is 15.6 Å². The molecule has 2 heterocycles. The number of aliphatic hydroxyl groups is 1. The van der Waals surface area contributed by atoms with Crippen LogP contribution in [0.4, 0.5) is 0 Å². The number of ketones is 1. The summed E-state index contributed by atoms with van der Waals surface area (Å²) in [5.41, 5.74) is 2.90. The van der Waals surface area contributed by atoms with Crippen molar-refractivity contribution in [2.75, 3.05) is 6.61 Å². The molecular weight excluding hydrogens is 538 g/mol. The highest BCUT2D eigenvalue weighted by molar-refractivity contribution is 9.10. The predicted octanol–water partition coefficient (Wildman–Crippen LogP) is 3.11. The van der Waals surface area contributed by atoms with Gasteiger partial charge in [0.1, 0.15) is 12.1 Å². The van der Waals surface area contributed by atoms with Gasteiger partial charge in [-0.15, -0.1) is 0 Å². The molecule has 0 aliphatic heterocycles. The molecule has 0 unspecified atom stereocenters. The maximum Gasteiger partial charge on any atom is 0.333 e. The van der Waals surface area contributed by atoms with Crippen LogP contribution in [0.15, 0.2) is 51.7 Å². The summed E-state index contributed by atoms with van der Waals surface area (Å²) in [7, 11) is -4.07. The predicted molar refractivity (Wildman–Crippen MR) is 131 cm³/mol. The van der Waals surface area contributed by atoms with Crippen LogP contribution >= 0.6 is 15.9 Å². The van der Waals surface area contributed by atoms with E-state index in [4.69, 9.17) is 9.56 Å². The number of aromatic nitrogens is 2. The van der Waals surface area contributed by atoms with Crippen molar-refractivity contribution < 1.29 is 26.9 Å². The number of carbonyl (C=O) groups excluding carboxylic acids is 1. The molecule has 9 nitrogen and oxygen atoms in total. The fourth-order valence-electron chi connectivity index (χ4n) is 4.53. The standard InChI is InChI=1S/C24H26BrN3O6S/c1-14-17(5-15-3-2-4-19(25)7-15)10-23(34-14)24(30)20-11-27-13-28-21(20)8-16-6-18(22(29)9-16)12-33-35(26,31)32/h2-4,7,10-11,13,16,18,22,29H,5-6,8-9,12H2,1H3,(H2,26,31,32)/t16-,18+,22-/m0/s1. The fraction of sp³-hybridized carbons (Fsp3) is 0.375. The number of benzene rings is 1. The number of aliphatic hydroxyl groups excluding tert-OH is 1. The average molecular weight is 564 g/mol. The SMILES string of the molecule is Cc1oc(C(=O)c2cncnc2C[C@@H]2C[C@H](COS(N)(=O)=O)[C@@H](O)C2)cc1Cc1cccc(Br)c1. The Morgan fingerprint density at radius 2 is 2.11 bits per heavy atom. The fourth-order valence-corrected chi connectivity index (χ4v) is 5.34. The Morgan fingerprint density at radius 3 is 2.86 bits per heavy atom. The van der Waals surface area contributed by atoms with Gasteiger partial charge in [-0.3, -0.25) is 8.98 Å². The van der Waals surface area contributed by atoms with E-state index < -0.39 is 16.4 Å². The van der Waals surface area contributed by atoms with Crippen molar-refractivity contribution >= 4 is 32.0 Å². The molecule has 3 atom stereocenters. The summed E-state index contributed by atoms with van der Waals surface area (Å²) in [6, 6.07) is 9.71. The molecule has 0 saturated heterocycles. The van der Waals surface area contributed by atoms with Gasteiger partial charge in [0.2, 0.25) is 5.78 Å². The molecule has 3 aromatic rings. The van der Waals surface area contributed by atoms with Crippen molar-refractivity contribution in [1.82, 2.24) is 9.97 Å². The van der Waals surface area contributed by atoms with E-state index >= 15 is 0 Å². The number of nitrogens with zero attached hydrogens (tertiary/aromatic N) is 2. The van der Waals surface area contributed by atoms with Crippen molar-refractivity contribution in [2.24, 2.45) is 17.0 Å². The molecule has 1 fully saturated rings. The molecule has 35 heavy (non-hydrogen) atoms. The van der Waals surface area contributed by atoms with E-state index in [0.29, 0.717) is 42.7 Å². The zero-order valence-electron chi connectivity index (χ0n) is 19.1. The van der Waals surface area contributed by atoms with Crippen LogP contribution in [0.3, 0.4) is 0 Å². The molecule has 0 bridgehead atoms. The van der Waals surface area contributed by atoms with Gasteiger partial charge in [-0.25, -0.2) is 15.1 Å². The Kier molecular flexibility index (Phi) is 7.82. The van der Waals surface area contributed by atoms with Gasteiger partial charge in [0.05, 0.1) is 24.0 Å². The van der Waals surface area contributed by atoms with Crippen molar-refractivity contribution in [3.8, 4) is 0 Å². The first-order valence-electron chi connectivity index (χ1n) is 11.1. The zero-order chi connectivity index (χ0) is 25.2. The number of furan rings is 1. The smallest absolute Gasteiger partial charge is 0.333 e. The molecule has 0 spiro atoms. The third-order valence-electron chi connectivity index (χ3n) is 6.25. The number of hydrogen-bond acceptors (Lipinski definition) is 8. The summed E-state index contributed by atoms with van der Waals surface area (Å²) >= 11 is 3.47. The first kappa shape index (κ1) is 25.6. The summed E-state index contributed by atoms with van der Waals surface area (Å²) in [6.07, 6.45) is 4.14. The molecule has 1 aromatic carbocycles. The minimum atomic E-state index is -4.07. The number of nitrogens with two attached hydrogens (primary N) is 1. The molecule has 0 amide bonds. The van der Waals surface area contributed by atoms with Crippen LogP contribution in [-0.2, 0) is 27.3 Å². The van der Waals surface area contributed by atoms with Crippen LogP contribution in [0.25, 0.3) is 0 Å². The van der Waals surface area contributed by atoms with Crippen LogP contribution in [0.5, 0.6) is 0 Å². The number of aryl methyl sites for hydroxylation is 1. The van der Waals surface area contributed by atoms with Gasteiger partial charge in [0, 0.05) is 23.0 Å². The van der Waals surface area contributed by atoms with Gasteiger partial charge in [0.15, 0.2) is 5.76 Å². The van der Waals surface area contributed by atoms with E-state index in [2.05, 4.69) is 30.1 Å². The Balaban J connectivity index is 1.48. The second kappa shape index (κ2) is 10.7. The topological polar surface area (TPSA) is 146 Å². The van der Waals surface area contributed by atoms with E-state index in [1.165, 1.54) is 12.5 Å². The van der Waals surface area contributed by atoms with Crippen molar-refractivity contribution in [2.45, 2.75) is 38.7 Å². The lowest BCUT2D eigenvalue weighted by Gasteiger charge is -2.13. The van der Waals surface area contributed by atoms with E-state index in [1.807, 2.05) is 31.2 Å². The highest BCUT2D eigenvalue weighted by Crippen LogP contribution is 2.34. The number of carbonyl (C=O) groups is 1. The lowest BCUT2D eigenvalue weighted by Crippen LogP contribution is -2.24. The van der Waals surface area contributed by atoms with Crippen molar-refractivity contribution in [3.05, 3.63) is 81.2 Å². The van der Waals surface area contributed by atoms with Gasteiger partial charge in [0.25, 0.3) is 0 Å². The minimum Gasteiger partial charge on any atom is -0.458 e. The maximum atomic E-state index is 13.3. The lowest BCUT2D eigenvalue weighted by molar-refractivity contribution is 0.100. The lowest BCUT2D eigenvalue weighted by atomic mass is 9.96. The highest BCUT2D eigenvalue weighted by atomic mass is 79.9. The first-order valence-corrected chi connectivity index (χ1v) is 13.4. The molecule has 4 rings (SSSR count). The Hall–Kier alpha value is -2.44. The van der Waals surface area contributed by atoms with Crippen molar-refractivity contribution in [1.29, 1.82) is 0 Å². The summed E-state index contributed by atoms with van der Waals surface area (Å²) in [5, 5.41) is 15.2. The number of hydrogen-bond donors (Lipinski definition) is 2. The van der Waals surface area contributed by atoms with E-state index in [1.54, 1.807) is 6.07 Å². The molecule has 0 radical (unpaired) electrons. The summed E-state index contributed by atoms with van der Waals surface area (Å²) in [6.45, 7) is 1.65. The second-order valence-electron chi connectivity index (χ2n) is 8.86. The largest absolute Gasteiger partial charge is 0.458 e. The Morgan fingerprint density at radius 1 is 1.31 bits per heavy atom. The van der Waals surface area contributed by atoms with Gasteiger partial charge in [-0.2, -0.15) is 8.42 Å². The minimum absolute atomic E-state index is 0.00838. The molecule has 2 aromatic heterocycles. The second-order valence-corrected chi connectivity index (χ2v) is 11.0. The molecule has 11 heteroatoms. The highest BCUT2D eigenvalue weighted by Gasteiger charge is 2.35. The normalized spacial score (nSPS) is 20.3. The van der Waals surface area contributed by atoms with Gasteiger partial charge in [-0.05, 0) is 61.4 Å². The number of halogens is 1. The van der Waals surface area contributed by atoms with Gasteiger partial charge < -0.3 is 9.52 Å². The molecular formula is C24H26BrN3O6S. The summed E-state index contributed by atoms with van der Waals surface area (Å²) in [4.78, 5) is 21.7. The van der Waals surface area contributed by atoms with Crippen LogP contribution < -0.4 is 5.14 Å². The van der Waals surface area contributed by atoms with Crippen LogP contribution in [-0.4, -0.2) is 42.0 Å². The molecule has 1 saturated carbocycles. The van der Waals surface area contributed by atoms with Crippen LogP contribution in [0.2, 0.25) is 0 Å². The Bertz CT molecular complexity index is 1330. The third kappa shape index (κ3) is 6.62.